The van der Waals surface area contributed by atoms with Gasteiger partial charge in [-0.25, -0.2) is 0 Å². The molecule has 2 aromatic rings. The average Bonchev–Trinajstić information content (AvgIpc) is 3.17. The molecule has 1 fully saturated rings. The van der Waals surface area contributed by atoms with Gasteiger partial charge in [0.05, 0.1) is 7.11 Å². The molecule has 0 aliphatic heterocycles. The summed E-state index contributed by atoms with van der Waals surface area (Å²) >= 11 is 12.1. The highest BCUT2D eigenvalue weighted by Crippen LogP contribution is 2.59. The summed E-state index contributed by atoms with van der Waals surface area (Å²) in [6.45, 7) is 0. The van der Waals surface area contributed by atoms with Crippen molar-refractivity contribution in [3.8, 4) is 5.75 Å². The second-order valence-corrected chi connectivity index (χ2v) is 6.86. The highest BCUT2D eigenvalue weighted by Gasteiger charge is 2.52. The van der Waals surface area contributed by atoms with E-state index in [1.54, 1.807) is 31.4 Å². The van der Waals surface area contributed by atoms with Crippen molar-refractivity contribution < 1.29 is 9.53 Å². The first-order valence-electron chi connectivity index (χ1n) is 6.93. The third-order valence-electron chi connectivity index (χ3n) is 3.75. The highest BCUT2D eigenvalue weighted by atomic mass is 35.5. The lowest BCUT2D eigenvalue weighted by Crippen LogP contribution is -2.11. The smallest absolute Gasteiger partial charge is 0.255 e. The van der Waals surface area contributed by atoms with Crippen LogP contribution in [0.1, 0.15) is 28.3 Å². The Morgan fingerprint density at radius 1 is 1.14 bits per heavy atom. The zero-order chi connectivity index (χ0) is 15.7. The molecule has 22 heavy (non-hydrogen) atoms. The maximum Gasteiger partial charge on any atom is 0.255 e. The van der Waals surface area contributed by atoms with Crippen LogP contribution in [0.3, 0.4) is 0 Å². The number of alkyl halides is 2. The molecule has 1 atom stereocenters. The van der Waals surface area contributed by atoms with Crippen LogP contribution in [-0.4, -0.2) is 17.4 Å². The fourth-order valence-electron chi connectivity index (χ4n) is 2.32. The van der Waals surface area contributed by atoms with Crippen LogP contribution >= 0.6 is 23.2 Å². The number of anilines is 1. The van der Waals surface area contributed by atoms with Crippen LogP contribution in [0.4, 0.5) is 5.69 Å². The van der Waals surface area contributed by atoms with Crippen molar-refractivity contribution in [2.24, 2.45) is 0 Å². The van der Waals surface area contributed by atoms with Crippen molar-refractivity contribution in [3.63, 3.8) is 0 Å². The molecule has 3 rings (SSSR count). The fourth-order valence-corrected chi connectivity index (χ4v) is 2.88. The van der Waals surface area contributed by atoms with Crippen LogP contribution in [0.15, 0.2) is 48.5 Å². The Balaban J connectivity index is 1.66. The van der Waals surface area contributed by atoms with Gasteiger partial charge in [0.25, 0.3) is 5.91 Å². The van der Waals surface area contributed by atoms with Crippen molar-refractivity contribution in [2.45, 2.75) is 16.7 Å². The van der Waals surface area contributed by atoms with E-state index in [0.29, 0.717) is 5.56 Å². The predicted molar refractivity (Wildman–Crippen MR) is 89.2 cm³/mol. The van der Waals surface area contributed by atoms with Gasteiger partial charge in [0.1, 0.15) is 10.1 Å². The lowest BCUT2D eigenvalue weighted by molar-refractivity contribution is 0.102. The number of rotatable bonds is 4. The third-order valence-corrected chi connectivity index (χ3v) is 4.58. The van der Waals surface area contributed by atoms with Crippen molar-refractivity contribution in [1.82, 2.24) is 0 Å². The summed E-state index contributed by atoms with van der Waals surface area (Å²) in [5.74, 6) is 0.740. The van der Waals surface area contributed by atoms with E-state index < -0.39 is 4.33 Å². The molecule has 0 spiro atoms. The Labute approximate surface area is 139 Å². The van der Waals surface area contributed by atoms with Crippen LogP contribution in [0, 0.1) is 0 Å². The SMILES string of the molecule is COc1ccc(C(=O)Nc2ccc(C3CC3(Cl)Cl)cc2)cc1. The topological polar surface area (TPSA) is 38.3 Å². The van der Waals surface area contributed by atoms with E-state index >= 15 is 0 Å². The molecule has 1 amide bonds. The standard InChI is InChI=1S/C17H15Cl2NO2/c1-22-14-8-4-12(5-9-14)16(21)20-13-6-2-11(3-7-13)15-10-17(15,18)19/h2-9,15H,10H2,1H3,(H,20,21). The first kappa shape index (κ1) is 15.2. The molecule has 114 valence electrons. The van der Waals surface area contributed by atoms with Crippen LogP contribution < -0.4 is 10.1 Å². The molecular formula is C17H15Cl2NO2. The number of methoxy groups -OCH3 is 1. The normalized spacial score (nSPS) is 18.6. The summed E-state index contributed by atoms with van der Waals surface area (Å²) in [5.41, 5.74) is 2.40. The van der Waals surface area contributed by atoms with Crippen molar-refractivity contribution >= 4 is 34.8 Å². The minimum Gasteiger partial charge on any atom is -0.497 e. The van der Waals surface area contributed by atoms with Crippen molar-refractivity contribution in [1.29, 1.82) is 0 Å². The molecule has 5 heteroatoms. The van der Waals surface area contributed by atoms with Gasteiger partial charge in [-0.3, -0.25) is 4.79 Å². The largest absolute Gasteiger partial charge is 0.497 e. The van der Waals surface area contributed by atoms with E-state index in [4.69, 9.17) is 27.9 Å². The average molecular weight is 336 g/mol. The van der Waals surface area contributed by atoms with Crippen LogP contribution in [0.25, 0.3) is 0 Å². The van der Waals surface area contributed by atoms with Gasteiger partial charge in [0, 0.05) is 17.2 Å². The molecule has 1 unspecified atom stereocenters. The number of carbonyl (C=O) groups is 1. The summed E-state index contributed by atoms with van der Waals surface area (Å²) in [6.07, 6.45) is 0.771. The molecule has 0 radical (unpaired) electrons. The van der Waals surface area contributed by atoms with E-state index in [-0.39, 0.29) is 11.8 Å². The quantitative estimate of drug-likeness (QED) is 0.828. The molecule has 1 saturated carbocycles. The molecule has 1 aliphatic carbocycles. The zero-order valence-corrected chi connectivity index (χ0v) is 13.5. The van der Waals surface area contributed by atoms with E-state index in [9.17, 15) is 4.79 Å². The molecule has 0 bridgehead atoms. The van der Waals surface area contributed by atoms with E-state index in [0.717, 1.165) is 23.4 Å². The number of benzene rings is 2. The second-order valence-electron chi connectivity index (χ2n) is 5.32. The van der Waals surface area contributed by atoms with E-state index in [1.807, 2.05) is 24.3 Å². The van der Waals surface area contributed by atoms with Gasteiger partial charge in [-0.05, 0) is 48.4 Å². The Hall–Kier alpha value is -1.71. The maximum atomic E-state index is 12.2. The number of nitrogens with one attached hydrogen (secondary N) is 1. The van der Waals surface area contributed by atoms with Gasteiger partial charge >= 0.3 is 0 Å². The first-order valence-corrected chi connectivity index (χ1v) is 7.68. The monoisotopic (exact) mass is 335 g/mol. The lowest BCUT2D eigenvalue weighted by atomic mass is 10.1. The Morgan fingerprint density at radius 2 is 1.73 bits per heavy atom. The van der Waals surface area contributed by atoms with Crippen LogP contribution in [0.2, 0.25) is 0 Å². The van der Waals surface area contributed by atoms with Gasteiger partial charge in [-0.15, -0.1) is 23.2 Å². The predicted octanol–water partition coefficient (Wildman–Crippen LogP) is 4.61. The summed E-state index contributed by atoms with van der Waals surface area (Å²) in [7, 11) is 1.59. The summed E-state index contributed by atoms with van der Waals surface area (Å²) in [4.78, 5) is 12.2. The molecule has 0 heterocycles. The Morgan fingerprint density at radius 3 is 2.23 bits per heavy atom. The Bertz CT molecular complexity index is 681. The number of carbonyl (C=O) groups excluding carboxylic acids is 1. The number of hydrogen-bond acceptors (Lipinski definition) is 2. The van der Waals surface area contributed by atoms with Crippen LogP contribution in [-0.2, 0) is 0 Å². The Kier molecular flexibility index (Phi) is 4.02. The minimum absolute atomic E-state index is 0.161. The fraction of sp³-hybridized carbons (Fsp3) is 0.235. The maximum absolute atomic E-state index is 12.2. The number of hydrogen-bond donors (Lipinski definition) is 1. The first-order chi connectivity index (χ1) is 10.5. The number of halogens is 2. The summed E-state index contributed by atoms with van der Waals surface area (Å²) in [6, 6.07) is 14.6. The van der Waals surface area contributed by atoms with Gasteiger partial charge in [0.2, 0.25) is 0 Å². The number of ether oxygens (including phenoxy) is 1. The minimum atomic E-state index is -0.631. The van der Waals surface area contributed by atoms with Gasteiger partial charge in [-0.1, -0.05) is 12.1 Å². The van der Waals surface area contributed by atoms with Gasteiger partial charge < -0.3 is 10.1 Å². The van der Waals surface area contributed by atoms with Gasteiger partial charge in [0.15, 0.2) is 0 Å². The molecule has 1 N–H and O–H groups in total. The zero-order valence-electron chi connectivity index (χ0n) is 12.0. The highest BCUT2D eigenvalue weighted by molar-refractivity contribution is 6.51. The van der Waals surface area contributed by atoms with E-state index in [2.05, 4.69) is 5.32 Å². The molecule has 0 aromatic heterocycles. The van der Waals surface area contributed by atoms with Crippen molar-refractivity contribution in [2.75, 3.05) is 12.4 Å². The summed E-state index contributed by atoms with van der Waals surface area (Å²) < 4.78 is 4.44. The molecule has 3 nitrogen and oxygen atoms in total. The lowest BCUT2D eigenvalue weighted by Gasteiger charge is -2.07. The van der Waals surface area contributed by atoms with Crippen molar-refractivity contribution in [3.05, 3.63) is 59.7 Å². The molecule has 2 aromatic carbocycles. The van der Waals surface area contributed by atoms with E-state index in [1.165, 1.54) is 0 Å². The number of amides is 1. The van der Waals surface area contributed by atoms with Gasteiger partial charge in [-0.2, -0.15) is 0 Å². The molecule has 1 aliphatic rings. The third kappa shape index (κ3) is 3.21. The summed E-state index contributed by atoms with van der Waals surface area (Å²) in [5, 5.41) is 2.86. The molecule has 0 saturated heterocycles. The van der Waals surface area contributed by atoms with Crippen LogP contribution in [0.5, 0.6) is 5.75 Å². The molecular weight excluding hydrogens is 321 g/mol. The second kappa shape index (κ2) is 5.82.